The maximum absolute atomic E-state index is 12.5. The number of esters is 6. The van der Waals surface area contributed by atoms with Gasteiger partial charge in [0, 0.05) is 6.92 Å². The summed E-state index contributed by atoms with van der Waals surface area (Å²) in [5.74, 6) is -11.7. The summed E-state index contributed by atoms with van der Waals surface area (Å²) in [4.78, 5) is 83.9. The second-order valence-corrected chi connectivity index (χ2v) is 5.98. The summed E-state index contributed by atoms with van der Waals surface area (Å²) in [6.07, 6.45) is -2.97. The molecule has 2 N–H and O–H groups in total. The van der Waals surface area contributed by atoms with E-state index in [0.29, 0.717) is 0 Å². The molecular weight excluding hydrogens is 440 g/mol. The smallest absolute Gasteiger partial charge is 0.400 e. The summed E-state index contributed by atoms with van der Waals surface area (Å²) >= 11 is 0. The number of carbonyl (C=O) groups excluding carboxylic acids is 6. The van der Waals surface area contributed by atoms with Crippen LogP contribution in [0.2, 0.25) is 0 Å². The van der Waals surface area contributed by atoms with Crippen LogP contribution in [-0.2, 0) is 57.2 Å². The highest BCUT2D eigenvalue weighted by atomic mass is 16.7. The maximum Gasteiger partial charge on any atom is 0.400 e. The lowest BCUT2D eigenvalue weighted by atomic mass is 9.95. The number of carboxylic acids is 1. The highest BCUT2D eigenvalue weighted by Crippen LogP contribution is 2.25. The number of ether oxygens (including phenoxy) is 5. The van der Waals surface area contributed by atoms with E-state index in [-0.39, 0.29) is 19.8 Å². The number of carbonyl (C=O) groups is 7. The summed E-state index contributed by atoms with van der Waals surface area (Å²) < 4.78 is 22.7. The molecule has 32 heavy (non-hydrogen) atoms. The molecule has 180 valence electrons. The lowest BCUT2D eigenvalue weighted by Gasteiger charge is -2.28. The molecule has 0 amide bonds. The lowest BCUT2D eigenvalue weighted by Crippen LogP contribution is -2.59. The zero-order valence-electron chi connectivity index (χ0n) is 17.8. The predicted octanol–water partition coefficient (Wildman–Crippen LogP) is -1.36. The Morgan fingerprint density at radius 1 is 0.719 bits per heavy atom. The summed E-state index contributed by atoms with van der Waals surface area (Å²) in [5.41, 5.74) is -6.58. The van der Waals surface area contributed by atoms with Crippen molar-refractivity contribution >= 4 is 41.8 Å². The molecule has 14 heteroatoms. The largest absolute Gasteiger partial charge is 0.481 e. The van der Waals surface area contributed by atoms with Gasteiger partial charge in [-0.3, -0.25) is 14.4 Å². The van der Waals surface area contributed by atoms with E-state index < -0.39 is 65.8 Å². The fourth-order valence-corrected chi connectivity index (χ4v) is 2.20. The van der Waals surface area contributed by atoms with Gasteiger partial charge < -0.3 is 33.9 Å². The molecule has 0 aliphatic rings. The summed E-state index contributed by atoms with van der Waals surface area (Å²) in [5, 5.41) is 19.3. The van der Waals surface area contributed by atoms with E-state index in [1.807, 2.05) is 0 Å². The van der Waals surface area contributed by atoms with Crippen LogP contribution < -0.4 is 0 Å². The minimum atomic E-state index is -3.42. The third-order valence-corrected chi connectivity index (χ3v) is 3.45. The molecule has 0 aromatic heterocycles. The van der Waals surface area contributed by atoms with Crippen molar-refractivity contribution in [2.45, 2.75) is 51.7 Å². The molecule has 0 saturated heterocycles. The van der Waals surface area contributed by atoms with Gasteiger partial charge in [-0.25, -0.2) is 19.2 Å². The van der Waals surface area contributed by atoms with Crippen LogP contribution in [0.5, 0.6) is 0 Å². The maximum atomic E-state index is 12.5. The van der Waals surface area contributed by atoms with Crippen molar-refractivity contribution in [3.05, 3.63) is 0 Å². The number of hydrogen-bond acceptors (Lipinski definition) is 13. The third-order valence-electron chi connectivity index (χ3n) is 3.45. The minimum absolute atomic E-state index is 0.370. The van der Waals surface area contributed by atoms with Crippen molar-refractivity contribution in [1.29, 1.82) is 0 Å². The van der Waals surface area contributed by atoms with E-state index >= 15 is 0 Å². The van der Waals surface area contributed by atoms with Crippen LogP contribution in [0.15, 0.2) is 0 Å². The van der Waals surface area contributed by atoms with Crippen LogP contribution in [0.25, 0.3) is 0 Å². The number of hydrogen-bond donors (Lipinski definition) is 2. The average molecular weight is 464 g/mol. The van der Waals surface area contributed by atoms with Gasteiger partial charge in [0.05, 0.1) is 32.7 Å². The van der Waals surface area contributed by atoms with Gasteiger partial charge in [-0.05, 0) is 20.8 Å². The van der Waals surface area contributed by atoms with E-state index in [2.05, 4.69) is 18.9 Å². The van der Waals surface area contributed by atoms with E-state index in [1.165, 1.54) is 20.8 Å². The highest BCUT2D eigenvalue weighted by molar-refractivity contribution is 6.23. The zero-order valence-corrected chi connectivity index (χ0v) is 17.8. The van der Waals surface area contributed by atoms with Crippen molar-refractivity contribution in [2.24, 2.45) is 0 Å². The van der Waals surface area contributed by atoms with Gasteiger partial charge in [0.25, 0.3) is 0 Å². The monoisotopic (exact) mass is 464 g/mol. The predicted molar refractivity (Wildman–Crippen MR) is 97.3 cm³/mol. The second kappa shape index (κ2) is 12.3. The Hall–Kier alpha value is -3.55. The van der Waals surface area contributed by atoms with E-state index in [1.54, 1.807) is 0 Å². The molecule has 0 aromatic carbocycles. The molecule has 0 rings (SSSR count). The summed E-state index contributed by atoms with van der Waals surface area (Å²) in [6, 6.07) is 0. The molecule has 0 bridgehead atoms. The van der Waals surface area contributed by atoms with Crippen molar-refractivity contribution < 1.29 is 67.5 Å². The molecule has 0 fully saturated rings. The Morgan fingerprint density at radius 2 is 1.12 bits per heavy atom. The van der Waals surface area contributed by atoms with Gasteiger partial charge >= 0.3 is 47.4 Å². The first kappa shape index (κ1) is 28.5. The van der Waals surface area contributed by atoms with Crippen molar-refractivity contribution in [3.8, 4) is 0 Å². The Kier molecular flexibility index (Phi) is 11.0. The fourth-order valence-electron chi connectivity index (χ4n) is 2.20. The molecule has 0 aliphatic heterocycles. The standard InChI is InChI=1S/C18H24O14/c1-5-28-14(24)18(15(25)29-6-2,16(26)30-7-3)32-12(22)9-17(27,8-11(20)21)13(23)31-10(4)19/h27H,5-9H2,1-4H3,(H,20,21). The minimum Gasteiger partial charge on any atom is -0.481 e. The molecule has 1 unspecified atom stereocenters. The van der Waals surface area contributed by atoms with Gasteiger partial charge in [0.2, 0.25) is 0 Å². The highest BCUT2D eigenvalue weighted by Gasteiger charge is 2.62. The van der Waals surface area contributed by atoms with Gasteiger partial charge in [0.15, 0.2) is 5.60 Å². The average Bonchev–Trinajstić information content (AvgIpc) is 2.65. The number of aliphatic carboxylic acids is 1. The summed E-state index contributed by atoms with van der Waals surface area (Å²) in [7, 11) is 0. The van der Waals surface area contributed by atoms with Crippen LogP contribution in [0.3, 0.4) is 0 Å². The van der Waals surface area contributed by atoms with Crippen LogP contribution >= 0.6 is 0 Å². The van der Waals surface area contributed by atoms with Crippen LogP contribution in [-0.4, -0.2) is 83.0 Å². The van der Waals surface area contributed by atoms with Gasteiger partial charge in [0.1, 0.15) is 0 Å². The van der Waals surface area contributed by atoms with Gasteiger partial charge in [-0.2, -0.15) is 0 Å². The Morgan fingerprint density at radius 3 is 1.44 bits per heavy atom. The lowest BCUT2D eigenvalue weighted by molar-refractivity contribution is -0.208. The molecule has 0 spiro atoms. The van der Waals surface area contributed by atoms with Gasteiger partial charge in [-0.15, -0.1) is 0 Å². The SMILES string of the molecule is CCOC(=O)C(OC(=O)CC(O)(CC(=O)O)C(=O)OC(C)=O)(C(=O)OCC)C(=O)OCC. The van der Waals surface area contributed by atoms with Crippen LogP contribution in [0.1, 0.15) is 40.5 Å². The molecule has 0 heterocycles. The third kappa shape index (κ3) is 7.30. The first-order chi connectivity index (χ1) is 14.8. The van der Waals surface area contributed by atoms with Gasteiger partial charge in [-0.1, -0.05) is 0 Å². The van der Waals surface area contributed by atoms with E-state index in [0.717, 1.165) is 6.92 Å². The molecule has 0 saturated carbocycles. The summed E-state index contributed by atoms with van der Waals surface area (Å²) in [6.45, 7) is 3.59. The van der Waals surface area contributed by atoms with E-state index in [4.69, 9.17) is 9.84 Å². The number of carboxylic acid groups (broad SMARTS) is 1. The number of rotatable bonds is 12. The van der Waals surface area contributed by atoms with Crippen molar-refractivity contribution in [1.82, 2.24) is 0 Å². The van der Waals surface area contributed by atoms with E-state index in [9.17, 15) is 38.7 Å². The van der Waals surface area contributed by atoms with Crippen LogP contribution in [0.4, 0.5) is 0 Å². The van der Waals surface area contributed by atoms with Crippen LogP contribution in [0, 0.1) is 0 Å². The zero-order chi connectivity index (χ0) is 25.1. The molecule has 0 radical (unpaired) electrons. The first-order valence-corrected chi connectivity index (χ1v) is 9.21. The first-order valence-electron chi connectivity index (χ1n) is 9.21. The normalized spacial score (nSPS) is 12.5. The molecule has 0 aromatic rings. The quantitative estimate of drug-likeness (QED) is 0.194. The molecule has 14 nitrogen and oxygen atoms in total. The Bertz CT molecular complexity index is 724. The molecule has 0 aliphatic carbocycles. The molecule has 1 atom stereocenters. The Balaban J connectivity index is 6.26. The Labute approximate surface area is 181 Å². The fraction of sp³-hybridized carbons (Fsp3) is 0.611. The van der Waals surface area contributed by atoms with Crippen molar-refractivity contribution in [2.75, 3.05) is 19.8 Å². The number of aliphatic hydroxyl groups is 1. The second-order valence-electron chi connectivity index (χ2n) is 5.98. The van der Waals surface area contributed by atoms with Crippen molar-refractivity contribution in [3.63, 3.8) is 0 Å². The topological polar surface area (TPSA) is 206 Å². The molecular formula is C18H24O14.